The molecule has 1 aliphatic rings. The molecule has 1 heterocycles. The molecule has 118 valence electrons. The Morgan fingerprint density at radius 3 is 2.68 bits per heavy atom. The molecule has 5 heteroatoms. The normalized spacial score (nSPS) is 13.5. The maximum absolute atomic E-state index is 12.2. The fraction of sp³-hybridized carbons (Fsp3) is 0.471. The average Bonchev–Trinajstić information content (AvgIpc) is 2.51. The molecule has 1 aromatic carbocycles. The molecular weight excluding hydrogens is 282 g/mol. The average molecular weight is 303 g/mol. The number of ether oxygens (including phenoxy) is 1. The first kappa shape index (κ1) is 16.2. The van der Waals surface area contributed by atoms with E-state index in [0.717, 1.165) is 30.6 Å². The highest BCUT2D eigenvalue weighted by Gasteiger charge is 2.21. The van der Waals surface area contributed by atoms with Gasteiger partial charge in [-0.25, -0.2) is 0 Å². The zero-order chi connectivity index (χ0) is 16.1. The first-order valence-corrected chi connectivity index (χ1v) is 7.62. The minimum Gasteiger partial charge on any atom is -0.466 e. The Kier molecular flexibility index (Phi) is 5.31. The van der Waals surface area contributed by atoms with Gasteiger partial charge >= 0.3 is 5.97 Å². The van der Waals surface area contributed by atoms with E-state index in [0.29, 0.717) is 12.2 Å². The van der Waals surface area contributed by atoms with Gasteiger partial charge in [0.1, 0.15) is 0 Å². The summed E-state index contributed by atoms with van der Waals surface area (Å²) in [5, 5.41) is 0. The Bertz CT molecular complexity index is 594. The Hall–Kier alpha value is -2.17. The molecule has 0 aliphatic carbocycles. The maximum Gasteiger partial charge on any atom is 0.306 e. The first-order chi connectivity index (χ1) is 10.5. The smallest absolute Gasteiger partial charge is 0.306 e. The Labute approximate surface area is 130 Å². The van der Waals surface area contributed by atoms with Crippen molar-refractivity contribution in [1.29, 1.82) is 0 Å². The fourth-order valence-electron chi connectivity index (χ4n) is 2.69. The van der Waals surface area contributed by atoms with Crippen LogP contribution < -0.4 is 4.90 Å². The van der Waals surface area contributed by atoms with Crippen LogP contribution in [0.4, 0.5) is 5.69 Å². The number of hydrogen-bond acceptors (Lipinski definition) is 4. The molecule has 0 unspecified atom stereocenters. The number of aryl methyl sites for hydroxylation is 1. The van der Waals surface area contributed by atoms with E-state index in [2.05, 4.69) is 0 Å². The van der Waals surface area contributed by atoms with Crippen LogP contribution in [0.3, 0.4) is 0 Å². The lowest BCUT2D eigenvalue weighted by Gasteiger charge is -2.28. The molecule has 1 aliphatic heterocycles. The van der Waals surface area contributed by atoms with Gasteiger partial charge < -0.3 is 9.64 Å². The number of ketones is 1. The molecule has 5 nitrogen and oxygen atoms in total. The number of amides is 1. The monoisotopic (exact) mass is 303 g/mol. The molecule has 1 amide bonds. The largest absolute Gasteiger partial charge is 0.466 e. The van der Waals surface area contributed by atoms with Crippen LogP contribution in [0.25, 0.3) is 0 Å². The number of fused-ring (bicyclic) bond motifs is 1. The second-order valence-corrected chi connectivity index (χ2v) is 5.35. The van der Waals surface area contributed by atoms with Crippen LogP contribution in [-0.4, -0.2) is 30.8 Å². The molecule has 0 fully saturated rings. The molecule has 0 saturated carbocycles. The lowest BCUT2D eigenvalue weighted by molar-refractivity contribution is -0.143. The van der Waals surface area contributed by atoms with Crippen molar-refractivity contribution in [2.24, 2.45) is 0 Å². The van der Waals surface area contributed by atoms with E-state index in [-0.39, 0.29) is 30.5 Å². The summed E-state index contributed by atoms with van der Waals surface area (Å²) in [5.41, 5.74) is 2.50. The van der Waals surface area contributed by atoms with Gasteiger partial charge in [0.05, 0.1) is 13.0 Å². The predicted molar refractivity (Wildman–Crippen MR) is 83.0 cm³/mol. The van der Waals surface area contributed by atoms with Gasteiger partial charge in [-0.2, -0.15) is 0 Å². The number of Topliss-reactive ketones (excluding diaryl/α,β-unsaturated/α-hetero) is 1. The Morgan fingerprint density at radius 2 is 2.00 bits per heavy atom. The number of carbonyl (C=O) groups excluding carboxylic acids is 3. The molecule has 0 N–H and O–H groups in total. The van der Waals surface area contributed by atoms with Gasteiger partial charge in [0.2, 0.25) is 5.91 Å². The van der Waals surface area contributed by atoms with Crippen molar-refractivity contribution >= 4 is 23.3 Å². The molecular formula is C17H21NO4. The third kappa shape index (κ3) is 3.72. The van der Waals surface area contributed by atoms with Gasteiger partial charge in [-0.3, -0.25) is 14.4 Å². The summed E-state index contributed by atoms with van der Waals surface area (Å²) in [5.74, 6) is -0.408. The van der Waals surface area contributed by atoms with Gasteiger partial charge in [0.15, 0.2) is 5.78 Å². The molecule has 2 rings (SSSR count). The molecule has 0 spiro atoms. The summed E-state index contributed by atoms with van der Waals surface area (Å²) in [6, 6.07) is 5.40. The highest BCUT2D eigenvalue weighted by atomic mass is 16.5. The molecule has 22 heavy (non-hydrogen) atoms. The molecule has 0 atom stereocenters. The molecule has 0 radical (unpaired) electrons. The third-order valence-corrected chi connectivity index (χ3v) is 3.76. The Balaban J connectivity index is 2.09. The molecule has 1 aromatic rings. The second kappa shape index (κ2) is 7.20. The standard InChI is InChI=1S/C17H21NO4/c1-3-22-17(21)9-8-16(20)14-6-7-15-13(11-14)5-4-10-18(15)12(2)19/h6-7,11H,3-5,8-10H2,1-2H3. The molecule has 0 saturated heterocycles. The zero-order valence-corrected chi connectivity index (χ0v) is 13.1. The summed E-state index contributed by atoms with van der Waals surface area (Å²) >= 11 is 0. The number of anilines is 1. The van der Waals surface area contributed by atoms with E-state index >= 15 is 0 Å². The van der Waals surface area contributed by atoms with Crippen LogP contribution in [0.1, 0.15) is 49.0 Å². The van der Waals surface area contributed by atoms with Gasteiger partial charge in [-0.1, -0.05) is 0 Å². The van der Waals surface area contributed by atoms with E-state index in [1.165, 1.54) is 0 Å². The van der Waals surface area contributed by atoms with Gasteiger partial charge in [0.25, 0.3) is 0 Å². The lowest BCUT2D eigenvalue weighted by atomic mass is 9.96. The minimum atomic E-state index is -0.350. The van der Waals surface area contributed by atoms with Crippen molar-refractivity contribution in [3.63, 3.8) is 0 Å². The van der Waals surface area contributed by atoms with Crippen LogP contribution in [0, 0.1) is 0 Å². The first-order valence-electron chi connectivity index (χ1n) is 7.62. The number of nitrogens with zero attached hydrogens (tertiary/aromatic N) is 1. The quantitative estimate of drug-likeness (QED) is 0.619. The molecule has 0 bridgehead atoms. The van der Waals surface area contributed by atoms with E-state index in [1.807, 2.05) is 12.1 Å². The number of hydrogen-bond donors (Lipinski definition) is 0. The van der Waals surface area contributed by atoms with Crippen molar-refractivity contribution in [3.8, 4) is 0 Å². The van der Waals surface area contributed by atoms with Crippen LogP contribution in [0.15, 0.2) is 18.2 Å². The van der Waals surface area contributed by atoms with Crippen LogP contribution in [0.5, 0.6) is 0 Å². The number of carbonyl (C=O) groups is 3. The highest BCUT2D eigenvalue weighted by molar-refractivity contribution is 5.99. The van der Waals surface area contributed by atoms with Crippen molar-refractivity contribution in [1.82, 2.24) is 0 Å². The van der Waals surface area contributed by atoms with E-state index in [1.54, 1.807) is 24.8 Å². The zero-order valence-electron chi connectivity index (χ0n) is 13.1. The predicted octanol–water partition coefficient (Wildman–Crippen LogP) is 2.51. The minimum absolute atomic E-state index is 0.0161. The van der Waals surface area contributed by atoms with Gasteiger partial charge in [-0.05, 0) is 43.5 Å². The Morgan fingerprint density at radius 1 is 1.23 bits per heavy atom. The van der Waals surface area contributed by atoms with Crippen LogP contribution in [0.2, 0.25) is 0 Å². The van der Waals surface area contributed by atoms with Crippen LogP contribution >= 0.6 is 0 Å². The number of rotatable bonds is 5. The fourth-order valence-corrected chi connectivity index (χ4v) is 2.69. The molecule has 0 aromatic heterocycles. The van der Waals surface area contributed by atoms with E-state index in [4.69, 9.17) is 4.74 Å². The number of esters is 1. The third-order valence-electron chi connectivity index (χ3n) is 3.76. The second-order valence-electron chi connectivity index (χ2n) is 5.35. The summed E-state index contributed by atoms with van der Waals surface area (Å²) in [4.78, 5) is 36.8. The van der Waals surface area contributed by atoms with Crippen LogP contribution in [-0.2, 0) is 20.7 Å². The van der Waals surface area contributed by atoms with Gasteiger partial charge in [0, 0.05) is 31.1 Å². The van der Waals surface area contributed by atoms with Gasteiger partial charge in [-0.15, -0.1) is 0 Å². The van der Waals surface area contributed by atoms with E-state index in [9.17, 15) is 14.4 Å². The number of benzene rings is 1. The van der Waals surface area contributed by atoms with Crippen molar-refractivity contribution < 1.29 is 19.1 Å². The summed E-state index contributed by atoms with van der Waals surface area (Å²) in [6.07, 6.45) is 2.00. The SMILES string of the molecule is CCOC(=O)CCC(=O)c1ccc2c(c1)CCCN2C(C)=O. The van der Waals surface area contributed by atoms with Crippen molar-refractivity contribution in [3.05, 3.63) is 29.3 Å². The summed E-state index contributed by atoms with van der Waals surface area (Å²) < 4.78 is 4.82. The lowest BCUT2D eigenvalue weighted by Crippen LogP contribution is -2.33. The van der Waals surface area contributed by atoms with Crippen molar-refractivity contribution in [2.75, 3.05) is 18.1 Å². The highest BCUT2D eigenvalue weighted by Crippen LogP contribution is 2.28. The summed E-state index contributed by atoms with van der Waals surface area (Å²) in [6.45, 7) is 4.34. The topological polar surface area (TPSA) is 63.7 Å². The van der Waals surface area contributed by atoms with E-state index < -0.39 is 0 Å². The maximum atomic E-state index is 12.2. The van der Waals surface area contributed by atoms with Crippen molar-refractivity contribution in [2.45, 2.75) is 39.5 Å². The summed E-state index contributed by atoms with van der Waals surface area (Å²) in [7, 11) is 0.